The van der Waals surface area contributed by atoms with Crippen molar-refractivity contribution in [3.05, 3.63) is 60.2 Å². The van der Waals surface area contributed by atoms with E-state index in [1.807, 2.05) is 18.2 Å². The maximum absolute atomic E-state index is 4.62. The lowest BCUT2D eigenvalue weighted by atomic mass is 10.2. The topological polar surface area (TPSA) is 28.7 Å². The number of para-hydroxylation sites is 2. The van der Waals surface area contributed by atoms with Crippen LogP contribution in [0.5, 0.6) is 0 Å². The largest absolute Gasteiger partial charge is 1.00 e. The van der Waals surface area contributed by atoms with Gasteiger partial charge in [-0.3, -0.25) is 0 Å². The third-order valence-electron chi connectivity index (χ3n) is 3.76. The number of aromatic nitrogens is 2. The Labute approximate surface area is 148 Å². The Morgan fingerprint density at radius 1 is 1.00 bits per heavy atom. The van der Waals surface area contributed by atoms with Gasteiger partial charge in [0.2, 0.25) is 0 Å². The first-order valence-corrected chi connectivity index (χ1v) is 8.54. The number of quaternary nitrogens is 1. The van der Waals surface area contributed by atoms with Gasteiger partial charge in [0.25, 0.3) is 0 Å². The lowest BCUT2D eigenvalue weighted by Gasteiger charge is -2.29. The molecule has 1 N–H and O–H groups in total. The van der Waals surface area contributed by atoms with E-state index in [1.165, 1.54) is 5.56 Å². The third-order valence-corrected chi connectivity index (χ3v) is 4.61. The van der Waals surface area contributed by atoms with E-state index in [9.17, 15) is 0 Å². The molecule has 122 valence electrons. The lowest BCUT2D eigenvalue weighted by Crippen LogP contribution is -3.00. The number of nitrogens with one attached hydrogen (secondary N) is 1. The van der Waals surface area contributed by atoms with E-state index in [1.54, 1.807) is 11.8 Å². The van der Waals surface area contributed by atoms with Crippen molar-refractivity contribution < 1.29 is 16.9 Å². The van der Waals surface area contributed by atoms with Gasteiger partial charge in [0.15, 0.2) is 5.16 Å². The summed E-state index contributed by atoms with van der Waals surface area (Å²) in [5, 5.41) is 1.01. The van der Waals surface area contributed by atoms with Gasteiger partial charge in [-0.1, -0.05) is 54.2 Å². The molecular weight excluding hydrogens is 326 g/mol. The minimum Gasteiger partial charge on any atom is -1.00 e. The Kier molecular flexibility index (Phi) is 6.10. The maximum atomic E-state index is 4.62. The van der Waals surface area contributed by atoms with Gasteiger partial charge in [0, 0.05) is 5.56 Å². The normalized spacial score (nSPS) is 11.4. The molecule has 0 amide bonds. The van der Waals surface area contributed by atoms with Gasteiger partial charge < -0.3 is 21.9 Å². The van der Waals surface area contributed by atoms with Crippen LogP contribution in [-0.4, -0.2) is 40.8 Å². The molecule has 0 saturated carbocycles. The summed E-state index contributed by atoms with van der Waals surface area (Å²) in [4.78, 5) is 7.99. The molecule has 1 heterocycles. The minimum absolute atomic E-state index is 0. The zero-order valence-electron chi connectivity index (χ0n) is 13.5. The van der Waals surface area contributed by atoms with Crippen molar-refractivity contribution in [1.29, 1.82) is 0 Å². The highest BCUT2D eigenvalue weighted by Crippen LogP contribution is 2.20. The highest BCUT2D eigenvalue weighted by Gasteiger charge is 2.16. The van der Waals surface area contributed by atoms with Gasteiger partial charge >= 0.3 is 0 Å². The summed E-state index contributed by atoms with van der Waals surface area (Å²) >= 11 is 1.80. The molecule has 0 radical (unpaired) electrons. The monoisotopic (exact) mass is 347 g/mol. The van der Waals surface area contributed by atoms with E-state index in [-0.39, 0.29) is 12.4 Å². The fraction of sp³-hybridized carbons (Fsp3) is 0.278. The first kappa shape index (κ1) is 17.9. The van der Waals surface area contributed by atoms with Crippen LogP contribution in [0.25, 0.3) is 11.0 Å². The second-order valence-electron chi connectivity index (χ2n) is 6.21. The van der Waals surface area contributed by atoms with Crippen LogP contribution in [-0.2, 0) is 6.54 Å². The fourth-order valence-electron chi connectivity index (χ4n) is 2.54. The molecule has 0 spiro atoms. The Hall–Kier alpha value is -1.49. The van der Waals surface area contributed by atoms with Crippen molar-refractivity contribution in [2.75, 3.05) is 26.4 Å². The van der Waals surface area contributed by atoms with Crippen LogP contribution < -0.4 is 12.4 Å². The summed E-state index contributed by atoms with van der Waals surface area (Å²) in [6.45, 7) is 2.16. The van der Waals surface area contributed by atoms with E-state index in [2.05, 4.69) is 60.5 Å². The van der Waals surface area contributed by atoms with Crippen molar-refractivity contribution in [2.24, 2.45) is 0 Å². The summed E-state index contributed by atoms with van der Waals surface area (Å²) in [7, 11) is 4.57. The first-order chi connectivity index (χ1) is 10.6. The molecular formula is C18H22ClN3S. The van der Waals surface area contributed by atoms with Gasteiger partial charge in [-0.05, 0) is 12.1 Å². The molecule has 0 aliphatic rings. The van der Waals surface area contributed by atoms with Crippen LogP contribution in [0, 0.1) is 0 Å². The van der Waals surface area contributed by atoms with Crippen LogP contribution >= 0.6 is 11.8 Å². The molecule has 0 saturated heterocycles. The lowest BCUT2D eigenvalue weighted by molar-refractivity contribution is -0.901. The molecule has 0 aliphatic heterocycles. The zero-order chi connectivity index (χ0) is 15.4. The predicted octanol–water partition coefficient (Wildman–Crippen LogP) is 0.936. The number of halogens is 1. The van der Waals surface area contributed by atoms with Crippen molar-refractivity contribution in [3.8, 4) is 0 Å². The molecule has 0 aliphatic carbocycles. The Balaban J connectivity index is 0.00000192. The quantitative estimate of drug-likeness (QED) is 0.531. The number of fused-ring (bicyclic) bond motifs is 1. The van der Waals surface area contributed by atoms with E-state index in [0.29, 0.717) is 0 Å². The van der Waals surface area contributed by atoms with Gasteiger partial charge in [0.05, 0.1) is 37.4 Å². The van der Waals surface area contributed by atoms with Gasteiger partial charge in [-0.2, -0.15) is 0 Å². The number of hydrogen-bond acceptors (Lipinski definition) is 2. The second-order valence-corrected chi connectivity index (χ2v) is 7.29. The first-order valence-electron chi connectivity index (χ1n) is 7.56. The fourth-order valence-corrected chi connectivity index (χ4v) is 3.67. The smallest absolute Gasteiger partial charge is 0.166 e. The minimum atomic E-state index is 0. The molecule has 3 rings (SSSR count). The number of thioether (sulfide) groups is 1. The SMILES string of the molecule is C[N+](C)(CCSc1nc2ccccc2[nH]1)Cc1ccccc1.[Cl-]. The second kappa shape index (κ2) is 7.86. The number of aromatic amines is 1. The maximum Gasteiger partial charge on any atom is 0.166 e. The summed E-state index contributed by atoms with van der Waals surface area (Å²) in [5.74, 6) is 1.06. The van der Waals surface area contributed by atoms with Crippen molar-refractivity contribution in [1.82, 2.24) is 9.97 Å². The van der Waals surface area contributed by atoms with E-state index in [0.717, 1.165) is 39.5 Å². The van der Waals surface area contributed by atoms with Crippen LogP contribution in [0.1, 0.15) is 5.56 Å². The highest BCUT2D eigenvalue weighted by atomic mass is 35.5. The number of benzene rings is 2. The number of H-pyrrole nitrogens is 1. The Bertz CT molecular complexity index is 707. The average molecular weight is 348 g/mol. The van der Waals surface area contributed by atoms with Crippen LogP contribution in [0.4, 0.5) is 0 Å². The van der Waals surface area contributed by atoms with Crippen LogP contribution in [0.15, 0.2) is 59.8 Å². The van der Waals surface area contributed by atoms with E-state index < -0.39 is 0 Å². The molecule has 0 bridgehead atoms. The van der Waals surface area contributed by atoms with Gasteiger partial charge in [-0.15, -0.1) is 0 Å². The van der Waals surface area contributed by atoms with Crippen molar-refractivity contribution >= 4 is 22.8 Å². The predicted molar refractivity (Wildman–Crippen MR) is 93.9 cm³/mol. The molecule has 3 aromatic rings. The summed E-state index contributed by atoms with van der Waals surface area (Å²) < 4.78 is 0.983. The zero-order valence-corrected chi connectivity index (χ0v) is 15.1. The van der Waals surface area contributed by atoms with Crippen molar-refractivity contribution in [3.63, 3.8) is 0 Å². The highest BCUT2D eigenvalue weighted by molar-refractivity contribution is 7.99. The number of imidazole rings is 1. The molecule has 5 heteroatoms. The number of nitrogens with zero attached hydrogens (tertiary/aromatic N) is 2. The van der Waals surface area contributed by atoms with Gasteiger partial charge in [0.1, 0.15) is 6.54 Å². The standard InChI is InChI=1S/C18H22N3S.ClH/c1-21(2,14-15-8-4-3-5-9-15)12-13-22-18-19-16-10-6-7-11-17(16)20-18;/h3-11H,12-14H2,1-2H3,(H,19,20);1H/q+1;/p-1. The number of rotatable bonds is 6. The molecule has 3 nitrogen and oxygen atoms in total. The molecule has 2 aromatic carbocycles. The van der Waals surface area contributed by atoms with E-state index >= 15 is 0 Å². The molecule has 0 atom stereocenters. The molecule has 23 heavy (non-hydrogen) atoms. The average Bonchev–Trinajstić information content (AvgIpc) is 2.90. The Morgan fingerprint density at radius 2 is 1.70 bits per heavy atom. The molecule has 0 unspecified atom stereocenters. The summed E-state index contributed by atoms with van der Waals surface area (Å²) in [5.41, 5.74) is 3.55. The molecule has 0 fully saturated rings. The van der Waals surface area contributed by atoms with Gasteiger partial charge in [-0.25, -0.2) is 4.98 Å². The summed E-state index contributed by atoms with van der Waals surface area (Å²) in [6, 6.07) is 18.9. The third kappa shape index (κ3) is 4.99. The Morgan fingerprint density at radius 3 is 2.43 bits per heavy atom. The molecule has 1 aromatic heterocycles. The summed E-state index contributed by atoms with van der Waals surface area (Å²) in [6.07, 6.45) is 0. The van der Waals surface area contributed by atoms with Crippen molar-refractivity contribution in [2.45, 2.75) is 11.7 Å². The van der Waals surface area contributed by atoms with Crippen LogP contribution in [0.3, 0.4) is 0 Å². The number of hydrogen-bond donors (Lipinski definition) is 1. The van der Waals surface area contributed by atoms with Crippen LogP contribution in [0.2, 0.25) is 0 Å². The van der Waals surface area contributed by atoms with E-state index in [4.69, 9.17) is 0 Å².